The summed E-state index contributed by atoms with van der Waals surface area (Å²) in [6.07, 6.45) is 3.32. The van der Waals surface area contributed by atoms with Crippen LogP contribution < -0.4 is 10.2 Å². The Morgan fingerprint density at radius 1 is 0.844 bits per heavy atom. The molecule has 0 radical (unpaired) electrons. The summed E-state index contributed by atoms with van der Waals surface area (Å²) in [5, 5.41) is 5.23. The molecule has 4 aromatic carbocycles. The molecule has 0 fully saturated rings. The Bertz CT molecular complexity index is 1960. The first-order chi connectivity index (χ1) is 22.1. The van der Waals surface area contributed by atoms with Gasteiger partial charge in [-0.3, -0.25) is 9.78 Å². The van der Waals surface area contributed by atoms with E-state index in [1.165, 1.54) is 0 Å². The van der Waals surface area contributed by atoms with E-state index in [1.807, 2.05) is 103 Å². The minimum absolute atomic E-state index is 0.221. The van der Waals surface area contributed by atoms with Crippen LogP contribution in [0.15, 0.2) is 133 Å². The third-order valence-electron chi connectivity index (χ3n) is 7.13. The second-order valence-electron chi connectivity index (χ2n) is 10.1. The maximum Gasteiger partial charge on any atom is 0.338 e. The van der Waals surface area contributed by atoms with Crippen LogP contribution in [-0.4, -0.2) is 40.9 Å². The van der Waals surface area contributed by atoms with Crippen molar-refractivity contribution in [1.82, 2.24) is 15.0 Å². The quantitative estimate of drug-likeness (QED) is 0.104. The highest BCUT2D eigenvalue weighted by atomic mass is 16.5. The first-order valence-corrected chi connectivity index (χ1v) is 14.5. The van der Waals surface area contributed by atoms with Gasteiger partial charge in [-0.15, -0.1) is 0 Å². The first-order valence-electron chi connectivity index (χ1n) is 14.5. The zero-order chi connectivity index (χ0) is 31.0. The zero-order valence-electron chi connectivity index (χ0n) is 24.6. The number of carbonyl (C=O) groups excluding carboxylic acids is 2. The molecular weight excluding hydrogens is 564 g/mol. The number of nitrogens with one attached hydrogen (secondary N) is 1. The maximum atomic E-state index is 12.7. The van der Waals surface area contributed by atoms with Gasteiger partial charge in [0.25, 0.3) is 5.91 Å². The molecular formula is C37H30N4O4. The van der Waals surface area contributed by atoms with Gasteiger partial charge in [0.15, 0.2) is 6.61 Å². The number of amides is 1. The van der Waals surface area contributed by atoms with Crippen LogP contribution >= 0.6 is 0 Å². The van der Waals surface area contributed by atoms with Gasteiger partial charge in [-0.2, -0.15) is 5.10 Å². The highest BCUT2D eigenvalue weighted by Crippen LogP contribution is 2.35. The number of pyridine rings is 1. The van der Waals surface area contributed by atoms with Gasteiger partial charge in [-0.25, -0.2) is 10.2 Å². The minimum Gasteiger partial charge on any atom is -0.481 e. The number of hydrazone groups is 1. The number of hydrogen-bond acceptors (Lipinski definition) is 6. The van der Waals surface area contributed by atoms with Crippen molar-refractivity contribution in [2.75, 3.05) is 13.2 Å². The predicted molar refractivity (Wildman–Crippen MR) is 176 cm³/mol. The molecule has 1 N–H and O–H groups in total. The van der Waals surface area contributed by atoms with E-state index < -0.39 is 5.91 Å². The van der Waals surface area contributed by atoms with E-state index in [4.69, 9.17) is 9.47 Å². The van der Waals surface area contributed by atoms with E-state index in [9.17, 15) is 9.59 Å². The molecule has 0 aliphatic heterocycles. The average molecular weight is 595 g/mol. The van der Waals surface area contributed by atoms with E-state index in [1.54, 1.807) is 37.5 Å². The molecule has 6 rings (SSSR count). The molecule has 0 spiro atoms. The summed E-state index contributed by atoms with van der Waals surface area (Å²) in [6.45, 7) is 1.87. The molecule has 0 saturated heterocycles. The third kappa shape index (κ3) is 6.50. The number of rotatable bonds is 10. The van der Waals surface area contributed by atoms with Gasteiger partial charge in [0, 0.05) is 22.8 Å². The Labute approximate surface area is 260 Å². The molecule has 0 saturated carbocycles. The predicted octanol–water partition coefficient (Wildman–Crippen LogP) is 7.07. The molecule has 8 nitrogen and oxygen atoms in total. The Morgan fingerprint density at radius 2 is 1.56 bits per heavy atom. The van der Waals surface area contributed by atoms with Crippen molar-refractivity contribution >= 4 is 29.0 Å². The lowest BCUT2D eigenvalue weighted by Gasteiger charge is -2.15. The van der Waals surface area contributed by atoms with Gasteiger partial charge in [0.1, 0.15) is 11.3 Å². The number of para-hydroxylation sites is 1. The molecule has 6 aromatic rings. The van der Waals surface area contributed by atoms with Gasteiger partial charge < -0.3 is 14.0 Å². The van der Waals surface area contributed by atoms with Gasteiger partial charge in [0.2, 0.25) is 0 Å². The van der Waals surface area contributed by atoms with Crippen molar-refractivity contribution in [3.63, 3.8) is 0 Å². The molecule has 2 heterocycles. The number of carbonyl (C=O) groups is 2. The van der Waals surface area contributed by atoms with Gasteiger partial charge >= 0.3 is 5.97 Å². The van der Waals surface area contributed by atoms with Gasteiger partial charge in [-0.05, 0) is 60.5 Å². The van der Waals surface area contributed by atoms with Crippen LogP contribution in [0.25, 0.3) is 39.1 Å². The summed E-state index contributed by atoms with van der Waals surface area (Å²) in [6, 6.07) is 38.7. The molecule has 0 aliphatic rings. The molecule has 1 amide bonds. The van der Waals surface area contributed by atoms with Crippen molar-refractivity contribution in [3.8, 4) is 34.0 Å². The SMILES string of the molecule is CCOC(=O)c1ccc(-n2c(-c3ccccc3)cc(/C=N\NC(=O)COc3cccc4cccnc34)c2-c2ccccc2)cc1. The average Bonchev–Trinajstić information content (AvgIpc) is 3.47. The number of nitrogens with zero attached hydrogens (tertiary/aromatic N) is 3. The number of hydrogen-bond donors (Lipinski definition) is 1. The number of benzene rings is 4. The highest BCUT2D eigenvalue weighted by molar-refractivity contribution is 5.95. The fourth-order valence-electron chi connectivity index (χ4n) is 5.11. The van der Waals surface area contributed by atoms with E-state index in [0.29, 0.717) is 23.4 Å². The number of aromatic nitrogens is 2. The summed E-state index contributed by atoms with van der Waals surface area (Å²) in [4.78, 5) is 29.4. The van der Waals surface area contributed by atoms with Crippen molar-refractivity contribution in [1.29, 1.82) is 0 Å². The van der Waals surface area contributed by atoms with Crippen LogP contribution in [0.1, 0.15) is 22.8 Å². The normalized spacial score (nSPS) is 11.0. The summed E-state index contributed by atoms with van der Waals surface area (Å²) >= 11 is 0. The Morgan fingerprint density at radius 3 is 2.29 bits per heavy atom. The van der Waals surface area contributed by atoms with Crippen LogP contribution in [0, 0.1) is 0 Å². The third-order valence-corrected chi connectivity index (χ3v) is 7.13. The summed E-state index contributed by atoms with van der Waals surface area (Å²) in [7, 11) is 0. The zero-order valence-corrected chi connectivity index (χ0v) is 24.6. The van der Waals surface area contributed by atoms with Crippen molar-refractivity contribution in [2.24, 2.45) is 5.10 Å². The molecule has 45 heavy (non-hydrogen) atoms. The molecule has 8 heteroatoms. The molecule has 0 atom stereocenters. The number of ether oxygens (including phenoxy) is 2. The van der Waals surface area contributed by atoms with Crippen LogP contribution in [0.2, 0.25) is 0 Å². The molecule has 2 aromatic heterocycles. The summed E-state index contributed by atoms with van der Waals surface area (Å²) < 4.78 is 13.1. The van der Waals surface area contributed by atoms with Crippen molar-refractivity contribution in [3.05, 3.63) is 139 Å². The monoisotopic (exact) mass is 594 g/mol. The smallest absolute Gasteiger partial charge is 0.338 e. The van der Waals surface area contributed by atoms with E-state index in [-0.39, 0.29) is 12.6 Å². The van der Waals surface area contributed by atoms with E-state index >= 15 is 0 Å². The van der Waals surface area contributed by atoms with Crippen LogP contribution in [-0.2, 0) is 9.53 Å². The van der Waals surface area contributed by atoms with E-state index in [0.717, 1.165) is 39.2 Å². The van der Waals surface area contributed by atoms with Crippen molar-refractivity contribution in [2.45, 2.75) is 6.92 Å². The minimum atomic E-state index is -0.405. The molecule has 0 bridgehead atoms. The number of esters is 1. The standard InChI is InChI=1S/C37H30N4O4/c1-2-44-37(43)29-18-20-31(21-19-29)41-32(26-11-5-3-6-12-26)23-30(36(41)28-13-7-4-8-14-28)24-39-40-34(42)25-45-33-17-9-15-27-16-10-22-38-35(27)33/h3-24H,2,25H2,1H3,(H,40,42)/b39-24-. The lowest BCUT2D eigenvalue weighted by molar-refractivity contribution is -0.123. The van der Waals surface area contributed by atoms with Gasteiger partial charge in [-0.1, -0.05) is 78.9 Å². The Kier molecular flexibility index (Phi) is 8.73. The van der Waals surface area contributed by atoms with Crippen LogP contribution in [0.3, 0.4) is 0 Å². The largest absolute Gasteiger partial charge is 0.481 e. The summed E-state index contributed by atoms with van der Waals surface area (Å²) in [5.41, 5.74) is 9.12. The molecule has 222 valence electrons. The maximum absolute atomic E-state index is 12.7. The number of fused-ring (bicyclic) bond motifs is 1. The first kappa shape index (κ1) is 29.1. The van der Waals surface area contributed by atoms with Crippen LogP contribution in [0.5, 0.6) is 5.75 Å². The Hall–Kier alpha value is -6.02. The highest BCUT2D eigenvalue weighted by Gasteiger charge is 2.19. The van der Waals surface area contributed by atoms with Crippen molar-refractivity contribution < 1.29 is 19.1 Å². The molecule has 0 unspecified atom stereocenters. The second-order valence-corrected chi connectivity index (χ2v) is 10.1. The van der Waals surface area contributed by atoms with E-state index in [2.05, 4.69) is 20.1 Å². The second kappa shape index (κ2) is 13.5. The lowest BCUT2D eigenvalue weighted by Crippen LogP contribution is -2.24. The summed E-state index contributed by atoms with van der Waals surface area (Å²) in [5.74, 6) is -0.248. The van der Waals surface area contributed by atoms with Crippen LogP contribution in [0.4, 0.5) is 0 Å². The fourth-order valence-corrected chi connectivity index (χ4v) is 5.11. The lowest BCUT2D eigenvalue weighted by atomic mass is 10.1. The fraction of sp³-hybridized carbons (Fsp3) is 0.0811. The van der Waals surface area contributed by atoms with Gasteiger partial charge in [0.05, 0.1) is 29.8 Å². The molecule has 0 aliphatic carbocycles. The topological polar surface area (TPSA) is 94.8 Å². The Balaban J connectivity index is 1.33.